The van der Waals surface area contributed by atoms with Crippen molar-refractivity contribution in [2.75, 3.05) is 0 Å². The minimum absolute atomic E-state index is 0.349. The Labute approximate surface area is 163 Å². The molecule has 1 fully saturated rings. The van der Waals surface area contributed by atoms with E-state index in [1.54, 1.807) is 0 Å². The first-order chi connectivity index (χ1) is 12.7. The van der Waals surface area contributed by atoms with E-state index in [0.717, 1.165) is 24.7 Å². The van der Waals surface area contributed by atoms with Crippen molar-refractivity contribution in [3.05, 3.63) is 0 Å². The van der Waals surface area contributed by atoms with Gasteiger partial charge in [-0.2, -0.15) is 0 Å². The number of carbonyl (C=O) groups is 1. The standard InChI is InChI=1S/C24H46O2/c1-2-3-4-5-8-12-17-22(23-19-14-11-15-20-23)18-13-9-6-7-10-16-21-24(25)26/h22-23H,2-21H2,1H3,(H,25,26). The molecule has 2 nitrogen and oxygen atoms in total. The van der Waals surface area contributed by atoms with E-state index >= 15 is 0 Å². The topological polar surface area (TPSA) is 37.3 Å². The Kier molecular flexibility index (Phi) is 15.0. The van der Waals surface area contributed by atoms with Crippen LogP contribution in [0.5, 0.6) is 0 Å². The molecule has 1 aliphatic carbocycles. The summed E-state index contributed by atoms with van der Waals surface area (Å²) in [6.45, 7) is 2.30. The molecule has 0 radical (unpaired) electrons. The van der Waals surface area contributed by atoms with E-state index in [0.29, 0.717) is 6.42 Å². The van der Waals surface area contributed by atoms with Gasteiger partial charge in [-0.3, -0.25) is 4.79 Å². The van der Waals surface area contributed by atoms with Crippen molar-refractivity contribution in [2.24, 2.45) is 11.8 Å². The van der Waals surface area contributed by atoms with Crippen LogP contribution in [0, 0.1) is 11.8 Å². The van der Waals surface area contributed by atoms with Crippen molar-refractivity contribution in [3.63, 3.8) is 0 Å². The first kappa shape index (κ1) is 23.5. The van der Waals surface area contributed by atoms with Gasteiger partial charge >= 0.3 is 5.97 Å². The Morgan fingerprint density at radius 2 is 1.27 bits per heavy atom. The van der Waals surface area contributed by atoms with Crippen LogP contribution in [0.2, 0.25) is 0 Å². The quantitative estimate of drug-likeness (QED) is 0.264. The van der Waals surface area contributed by atoms with Crippen molar-refractivity contribution in [1.82, 2.24) is 0 Å². The fourth-order valence-electron chi connectivity index (χ4n) is 4.80. The van der Waals surface area contributed by atoms with E-state index in [2.05, 4.69) is 6.92 Å². The second kappa shape index (κ2) is 16.6. The van der Waals surface area contributed by atoms with E-state index in [1.165, 1.54) is 109 Å². The molecule has 1 atom stereocenters. The molecule has 0 saturated heterocycles. The van der Waals surface area contributed by atoms with Crippen molar-refractivity contribution in [1.29, 1.82) is 0 Å². The monoisotopic (exact) mass is 366 g/mol. The van der Waals surface area contributed by atoms with Crippen LogP contribution in [-0.2, 0) is 4.79 Å². The summed E-state index contributed by atoms with van der Waals surface area (Å²) in [7, 11) is 0. The molecule has 0 bridgehead atoms. The van der Waals surface area contributed by atoms with Crippen molar-refractivity contribution < 1.29 is 9.90 Å². The fourth-order valence-corrected chi connectivity index (χ4v) is 4.80. The Morgan fingerprint density at radius 1 is 0.769 bits per heavy atom. The summed E-state index contributed by atoms with van der Waals surface area (Å²) >= 11 is 0. The molecule has 1 aliphatic rings. The van der Waals surface area contributed by atoms with Gasteiger partial charge in [-0.05, 0) is 18.3 Å². The number of carboxylic acid groups (broad SMARTS) is 1. The Bertz CT molecular complexity index is 320. The summed E-state index contributed by atoms with van der Waals surface area (Å²) in [6, 6.07) is 0. The second-order valence-electron chi connectivity index (χ2n) is 8.77. The van der Waals surface area contributed by atoms with Gasteiger partial charge in [0.05, 0.1) is 0 Å². The summed E-state index contributed by atoms with van der Waals surface area (Å²) in [5.74, 6) is 1.37. The Morgan fingerprint density at radius 3 is 1.81 bits per heavy atom. The molecule has 0 amide bonds. The number of hydrogen-bond acceptors (Lipinski definition) is 1. The highest BCUT2D eigenvalue weighted by Crippen LogP contribution is 2.36. The molecular formula is C24H46O2. The lowest BCUT2D eigenvalue weighted by atomic mass is 9.75. The van der Waals surface area contributed by atoms with Gasteiger partial charge in [0.25, 0.3) is 0 Å². The molecule has 0 aromatic carbocycles. The first-order valence-corrected chi connectivity index (χ1v) is 12.0. The van der Waals surface area contributed by atoms with Gasteiger partial charge in [0.15, 0.2) is 0 Å². The highest BCUT2D eigenvalue weighted by Gasteiger charge is 2.22. The van der Waals surface area contributed by atoms with Crippen molar-refractivity contribution >= 4 is 5.97 Å². The van der Waals surface area contributed by atoms with Crippen LogP contribution in [0.3, 0.4) is 0 Å². The number of unbranched alkanes of at least 4 members (excludes halogenated alkanes) is 10. The van der Waals surface area contributed by atoms with Crippen LogP contribution in [-0.4, -0.2) is 11.1 Å². The maximum Gasteiger partial charge on any atom is 0.303 e. The van der Waals surface area contributed by atoms with Crippen molar-refractivity contribution in [2.45, 2.75) is 135 Å². The third-order valence-corrected chi connectivity index (χ3v) is 6.46. The molecule has 1 saturated carbocycles. The third kappa shape index (κ3) is 12.8. The van der Waals surface area contributed by atoms with Gasteiger partial charge in [0, 0.05) is 6.42 Å². The maximum absolute atomic E-state index is 10.5. The fraction of sp³-hybridized carbons (Fsp3) is 0.958. The summed E-state index contributed by atoms with van der Waals surface area (Å²) in [6.07, 6.45) is 26.5. The van der Waals surface area contributed by atoms with Crippen LogP contribution in [0.15, 0.2) is 0 Å². The third-order valence-electron chi connectivity index (χ3n) is 6.46. The zero-order chi connectivity index (χ0) is 18.9. The van der Waals surface area contributed by atoms with Gasteiger partial charge < -0.3 is 5.11 Å². The normalized spacial score (nSPS) is 16.7. The van der Waals surface area contributed by atoms with Gasteiger partial charge in [0.2, 0.25) is 0 Å². The van der Waals surface area contributed by atoms with Crippen LogP contribution < -0.4 is 0 Å². The molecular weight excluding hydrogens is 320 g/mol. The molecule has 0 heterocycles. The van der Waals surface area contributed by atoms with Gasteiger partial charge in [0.1, 0.15) is 0 Å². The molecule has 154 valence electrons. The molecule has 0 aliphatic heterocycles. The molecule has 0 aromatic rings. The van der Waals surface area contributed by atoms with Crippen LogP contribution in [0.1, 0.15) is 135 Å². The molecule has 0 spiro atoms. The minimum Gasteiger partial charge on any atom is -0.481 e. The second-order valence-corrected chi connectivity index (χ2v) is 8.77. The zero-order valence-corrected chi connectivity index (χ0v) is 17.7. The predicted octanol–water partition coefficient (Wildman–Crippen LogP) is 8.14. The zero-order valence-electron chi connectivity index (χ0n) is 17.7. The van der Waals surface area contributed by atoms with E-state index in [1.807, 2.05) is 0 Å². The lowest BCUT2D eigenvalue weighted by Gasteiger charge is -2.30. The lowest BCUT2D eigenvalue weighted by Crippen LogP contribution is -2.18. The van der Waals surface area contributed by atoms with Gasteiger partial charge in [-0.25, -0.2) is 0 Å². The number of carboxylic acids is 1. The Hall–Kier alpha value is -0.530. The van der Waals surface area contributed by atoms with Gasteiger partial charge in [-0.1, -0.05) is 122 Å². The number of aliphatic carboxylic acids is 1. The first-order valence-electron chi connectivity index (χ1n) is 12.0. The number of rotatable bonds is 17. The summed E-state index contributed by atoms with van der Waals surface area (Å²) < 4.78 is 0. The number of hydrogen-bond donors (Lipinski definition) is 1. The lowest BCUT2D eigenvalue weighted by molar-refractivity contribution is -0.137. The molecule has 26 heavy (non-hydrogen) atoms. The maximum atomic E-state index is 10.5. The Balaban J connectivity index is 2.13. The van der Waals surface area contributed by atoms with Crippen LogP contribution in [0.4, 0.5) is 0 Å². The van der Waals surface area contributed by atoms with Crippen LogP contribution >= 0.6 is 0 Å². The van der Waals surface area contributed by atoms with Crippen molar-refractivity contribution in [3.8, 4) is 0 Å². The highest BCUT2D eigenvalue weighted by molar-refractivity contribution is 5.66. The summed E-state index contributed by atoms with van der Waals surface area (Å²) in [5, 5.41) is 8.67. The molecule has 1 unspecified atom stereocenters. The van der Waals surface area contributed by atoms with E-state index in [9.17, 15) is 4.79 Å². The largest absolute Gasteiger partial charge is 0.481 e. The molecule has 2 heteroatoms. The smallest absolute Gasteiger partial charge is 0.303 e. The highest BCUT2D eigenvalue weighted by atomic mass is 16.4. The van der Waals surface area contributed by atoms with E-state index in [-0.39, 0.29) is 0 Å². The predicted molar refractivity (Wildman–Crippen MR) is 113 cm³/mol. The average Bonchev–Trinajstić information content (AvgIpc) is 2.65. The molecule has 1 rings (SSSR count). The molecule has 1 N–H and O–H groups in total. The SMILES string of the molecule is CCCCCCCCC(CCCCCCCCC(=O)O)C1CCCCC1. The van der Waals surface area contributed by atoms with E-state index in [4.69, 9.17) is 5.11 Å². The van der Waals surface area contributed by atoms with Crippen LogP contribution in [0.25, 0.3) is 0 Å². The van der Waals surface area contributed by atoms with E-state index < -0.39 is 5.97 Å². The minimum atomic E-state index is -0.644. The molecule has 0 aromatic heterocycles. The summed E-state index contributed by atoms with van der Waals surface area (Å²) in [5.41, 5.74) is 0. The van der Waals surface area contributed by atoms with Gasteiger partial charge in [-0.15, -0.1) is 0 Å². The summed E-state index contributed by atoms with van der Waals surface area (Å²) in [4.78, 5) is 10.5. The average molecular weight is 367 g/mol.